The minimum atomic E-state index is -0.297. The summed E-state index contributed by atoms with van der Waals surface area (Å²) in [6.07, 6.45) is 4.46. The van der Waals surface area contributed by atoms with Crippen molar-refractivity contribution in [3.05, 3.63) is 155 Å². The second kappa shape index (κ2) is 8.84. The molecule has 0 amide bonds. The summed E-state index contributed by atoms with van der Waals surface area (Å²) in [5, 5.41) is 0. The molecule has 2 atom stereocenters. The Morgan fingerprint density at radius 1 is 0.457 bits per heavy atom. The third kappa shape index (κ3) is 3.89. The normalized spacial score (nSPS) is 16.7. The van der Waals surface area contributed by atoms with Crippen LogP contribution in [0, 0.1) is 11.6 Å². The van der Waals surface area contributed by atoms with E-state index in [1.54, 1.807) is 24.3 Å². The third-order valence-electron chi connectivity index (χ3n) is 6.63. The van der Waals surface area contributed by atoms with Gasteiger partial charge in [-0.2, -0.15) is 0 Å². The fourth-order valence-electron chi connectivity index (χ4n) is 5.00. The van der Waals surface area contributed by atoms with Crippen molar-refractivity contribution in [2.75, 3.05) is 0 Å². The molecule has 170 valence electrons. The highest BCUT2D eigenvalue weighted by molar-refractivity contribution is 5.77. The molecule has 5 aromatic rings. The summed E-state index contributed by atoms with van der Waals surface area (Å²) in [7, 11) is 0. The summed E-state index contributed by atoms with van der Waals surface area (Å²) < 4.78 is 34.2. The first-order valence-electron chi connectivity index (χ1n) is 11.7. The topological polar surface area (TPSA) is 13.1 Å². The SMILES string of the molecule is Fc1ccc(-c2oc(-c3ccc(F)cc3)c3c2C(c2ccccc2)C=CC3c2ccccc2)cc1. The molecule has 2 unspecified atom stereocenters. The van der Waals surface area contributed by atoms with Crippen LogP contribution in [0.15, 0.2) is 126 Å². The predicted molar refractivity (Wildman–Crippen MR) is 135 cm³/mol. The van der Waals surface area contributed by atoms with Gasteiger partial charge in [0, 0.05) is 34.1 Å². The van der Waals surface area contributed by atoms with E-state index in [-0.39, 0.29) is 23.5 Å². The molecule has 1 aromatic heterocycles. The molecule has 0 N–H and O–H groups in total. The summed E-state index contributed by atoms with van der Waals surface area (Å²) in [6, 6.07) is 33.4. The van der Waals surface area contributed by atoms with Gasteiger partial charge in [0.2, 0.25) is 0 Å². The molecule has 35 heavy (non-hydrogen) atoms. The smallest absolute Gasteiger partial charge is 0.139 e. The van der Waals surface area contributed by atoms with Crippen LogP contribution < -0.4 is 0 Å². The molecule has 1 heterocycles. The molecule has 6 rings (SSSR count). The predicted octanol–water partition coefficient (Wildman–Crippen LogP) is 8.73. The van der Waals surface area contributed by atoms with Gasteiger partial charge in [0.1, 0.15) is 23.2 Å². The van der Waals surface area contributed by atoms with Gasteiger partial charge in [-0.05, 0) is 59.7 Å². The molecule has 0 spiro atoms. The zero-order valence-corrected chi connectivity index (χ0v) is 18.9. The van der Waals surface area contributed by atoms with Gasteiger partial charge >= 0.3 is 0 Å². The Morgan fingerprint density at radius 3 is 1.20 bits per heavy atom. The van der Waals surface area contributed by atoms with E-state index < -0.39 is 0 Å². The Bertz CT molecular complexity index is 1370. The molecule has 4 aromatic carbocycles. The molecule has 1 aliphatic rings. The Morgan fingerprint density at radius 2 is 0.829 bits per heavy atom. The lowest BCUT2D eigenvalue weighted by Gasteiger charge is -2.26. The Hall–Kier alpha value is -4.24. The molecule has 1 nitrogen and oxygen atoms in total. The van der Waals surface area contributed by atoms with Gasteiger partial charge in [-0.15, -0.1) is 0 Å². The van der Waals surface area contributed by atoms with Crippen molar-refractivity contribution in [1.29, 1.82) is 0 Å². The van der Waals surface area contributed by atoms with Gasteiger partial charge in [-0.1, -0.05) is 72.8 Å². The molecule has 0 fully saturated rings. The van der Waals surface area contributed by atoms with Crippen LogP contribution in [0.25, 0.3) is 22.6 Å². The first-order chi connectivity index (χ1) is 17.2. The van der Waals surface area contributed by atoms with Crippen molar-refractivity contribution in [3.63, 3.8) is 0 Å². The highest BCUT2D eigenvalue weighted by atomic mass is 19.1. The number of allylic oxidation sites excluding steroid dienone is 2. The molecular weight excluding hydrogens is 438 g/mol. The standard InChI is InChI=1S/C32H22F2O/c33-25-15-11-23(12-16-25)31-29-27(21-7-3-1-4-8-21)19-20-28(22-9-5-2-6-10-22)30(29)32(35-31)24-13-17-26(34)18-14-24/h1-20,27-28H. The molecule has 3 heteroatoms. The third-order valence-corrected chi connectivity index (χ3v) is 6.63. The summed E-state index contributed by atoms with van der Waals surface area (Å²) >= 11 is 0. The average Bonchev–Trinajstić information content (AvgIpc) is 3.31. The van der Waals surface area contributed by atoms with Gasteiger partial charge in [0.25, 0.3) is 0 Å². The van der Waals surface area contributed by atoms with Crippen LogP contribution >= 0.6 is 0 Å². The van der Waals surface area contributed by atoms with E-state index in [4.69, 9.17) is 4.42 Å². The lowest BCUT2D eigenvalue weighted by atomic mass is 9.75. The van der Waals surface area contributed by atoms with E-state index in [9.17, 15) is 8.78 Å². The van der Waals surface area contributed by atoms with Crippen molar-refractivity contribution in [2.45, 2.75) is 11.8 Å². The van der Waals surface area contributed by atoms with Crippen LogP contribution in [0.1, 0.15) is 34.1 Å². The first kappa shape index (κ1) is 21.3. The van der Waals surface area contributed by atoms with Crippen molar-refractivity contribution in [1.82, 2.24) is 0 Å². The van der Waals surface area contributed by atoms with Crippen molar-refractivity contribution >= 4 is 0 Å². The van der Waals surface area contributed by atoms with Gasteiger partial charge < -0.3 is 4.42 Å². The second-order valence-corrected chi connectivity index (χ2v) is 8.76. The van der Waals surface area contributed by atoms with Crippen LogP contribution in [0.2, 0.25) is 0 Å². The number of hydrogen-bond donors (Lipinski definition) is 0. The zero-order chi connectivity index (χ0) is 23.8. The fraction of sp³-hybridized carbons (Fsp3) is 0.0625. The largest absolute Gasteiger partial charge is 0.455 e. The Kier molecular flexibility index (Phi) is 5.38. The van der Waals surface area contributed by atoms with E-state index in [0.29, 0.717) is 11.5 Å². The monoisotopic (exact) mass is 460 g/mol. The first-order valence-corrected chi connectivity index (χ1v) is 11.7. The maximum absolute atomic E-state index is 13.8. The van der Waals surface area contributed by atoms with Gasteiger partial charge in [0.15, 0.2) is 0 Å². The minimum absolute atomic E-state index is 0.0378. The Labute approximate surface area is 203 Å². The number of fused-ring (bicyclic) bond motifs is 1. The fourth-order valence-corrected chi connectivity index (χ4v) is 5.00. The zero-order valence-electron chi connectivity index (χ0n) is 18.9. The summed E-state index contributed by atoms with van der Waals surface area (Å²) in [4.78, 5) is 0. The van der Waals surface area contributed by atoms with Crippen molar-refractivity contribution in [2.24, 2.45) is 0 Å². The maximum atomic E-state index is 13.8. The summed E-state index contributed by atoms with van der Waals surface area (Å²) in [5.41, 5.74) is 6.01. The minimum Gasteiger partial charge on any atom is -0.455 e. The maximum Gasteiger partial charge on any atom is 0.139 e. The van der Waals surface area contributed by atoms with Crippen LogP contribution in [0.3, 0.4) is 0 Å². The number of benzene rings is 4. The highest BCUT2D eigenvalue weighted by Gasteiger charge is 2.34. The van der Waals surface area contributed by atoms with Gasteiger partial charge in [-0.3, -0.25) is 0 Å². The average molecular weight is 461 g/mol. The van der Waals surface area contributed by atoms with Crippen molar-refractivity contribution in [3.8, 4) is 22.6 Å². The lowest BCUT2D eigenvalue weighted by Crippen LogP contribution is -2.11. The molecule has 0 bridgehead atoms. The molecule has 0 aliphatic heterocycles. The number of halogens is 2. The van der Waals surface area contributed by atoms with E-state index in [1.807, 2.05) is 36.4 Å². The van der Waals surface area contributed by atoms with E-state index in [2.05, 4.69) is 36.4 Å². The number of rotatable bonds is 4. The lowest BCUT2D eigenvalue weighted by molar-refractivity contribution is 0.590. The Balaban J connectivity index is 1.66. The van der Waals surface area contributed by atoms with Gasteiger partial charge in [-0.25, -0.2) is 8.78 Å². The molecule has 0 saturated carbocycles. The van der Waals surface area contributed by atoms with E-state index in [0.717, 1.165) is 33.4 Å². The number of furan rings is 1. The molecule has 1 aliphatic carbocycles. The van der Waals surface area contributed by atoms with Gasteiger partial charge in [0.05, 0.1) is 0 Å². The van der Waals surface area contributed by atoms with E-state index >= 15 is 0 Å². The van der Waals surface area contributed by atoms with Crippen molar-refractivity contribution < 1.29 is 13.2 Å². The van der Waals surface area contributed by atoms with Crippen LogP contribution in [-0.2, 0) is 0 Å². The molecule has 0 saturated heterocycles. The summed E-state index contributed by atoms with van der Waals surface area (Å²) in [6.45, 7) is 0. The highest BCUT2D eigenvalue weighted by Crippen LogP contribution is 2.51. The van der Waals surface area contributed by atoms with Crippen LogP contribution in [0.5, 0.6) is 0 Å². The van der Waals surface area contributed by atoms with Crippen LogP contribution in [0.4, 0.5) is 8.78 Å². The quantitative estimate of drug-likeness (QED) is 0.244. The summed E-state index contributed by atoms with van der Waals surface area (Å²) in [5.74, 6) is 0.745. The van der Waals surface area contributed by atoms with Crippen LogP contribution in [-0.4, -0.2) is 0 Å². The molecular formula is C32H22F2O. The van der Waals surface area contributed by atoms with E-state index in [1.165, 1.54) is 24.3 Å². The second-order valence-electron chi connectivity index (χ2n) is 8.76. The molecule has 0 radical (unpaired) electrons. The number of hydrogen-bond acceptors (Lipinski definition) is 1.